The number of anilines is 1. The fraction of sp³-hybridized carbons (Fsp3) is 0.200. The molecule has 2 aromatic rings. The zero-order valence-electron chi connectivity index (χ0n) is 12.6. The molecule has 0 fully saturated rings. The number of nitrogens with one attached hydrogen (secondary N) is 2. The minimum atomic E-state index is -0.832. The van der Waals surface area contributed by atoms with Crippen molar-refractivity contribution in [2.24, 2.45) is 5.10 Å². The smallest absolute Gasteiger partial charge is 0.294 e. The molecule has 0 aliphatic rings. The van der Waals surface area contributed by atoms with Crippen LogP contribution in [0.4, 0.5) is 5.13 Å². The van der Waals surface area contributed by atoms with E-state index in [4.69, 9.17) is 11.6 Å². The summed E-state index contributed by atoms with van der Waals surface area (Å²) in [5.74, 6) is -1.64. The van der Waals surface area contributed by atoms with Gasteiger partial charge in [0.05, 0.1) is 5.69 Å². The van der Waals surface area contributed by atoms with Gasteiger partial charge in [-0.2, -0.15) is 5.10 Å². The van der Waals surface area contributed by atoms with Crippen LogP contribution in [-0.4, -0.2) is 22.5 Å². The lowest BCUT2D eigenvalue weighted by atomic mass is 10.2. The van der Waals surface area contributed by atoms with Crippen molar-refractivity contribution >= 4 is 45.6 Å². The van der Waals surface area contributed by atoms with Crippen LogP contribution in [0.2, 0.25) is 5.02 Å². The maximum Gasteiger partial charge on any atom is 0.329 e. The maximum absolute atomic E-state index is 11.8. The second-order valence-corrected chi connectivity index (χ2v) is 5.94. The molecule has 120 valence electrons. The molecule has 2 amide bonds. The summed E-state index contributed by atoms with van der Waals surface area (Å²) in [6, 6.07) is 7.18. The molecule has 0 bridgehead atoms. The third-order valence-electron chi connectivity index (χ3n) is 2.93. The van der Waals surface area contributed by atoms with E-state index in [9.17, 15) is 9.59 Å². The number of amides is 2. The lowest BCUT2D eigenvalue weighted by Crippen LogP contribution is -2.32. The SMILES string of the molecule is CC/C(C)=N\NC(=O)C(=O)Nc1nc(-c2ccc(Cl)cc2)cs1. The first-order valence-electron chi connectivity index (χ1n) is 6.85. The number of hydrogen-bond acceptors (Lipinski definition) is 5. The molecule has 0 aliphatic heterocycles. The molecule has 0 radical (unpaired) electrons. The molecule has 8 heteroatoms. The summed E-state index contributed by atoms with van der Waals surface area (Å²) >= 11 is 7.07. The van der Waals surface area contributed by atoms with Crippen molar-refractivity contribution in [3.05, 3.63) is 34.7 Å². The molecule has 1 aromatic carbocycles. The van der Waals surface area contributed by atoms with E-state index in [2.05, 4.69) is 20.8 Å². The highest BCUT2D eigenvalue weighted by Gasteiger charge is 2.15. The molecule has 0 aliphatic carbocycles. The predicted octanol–water partition coefficient (Wildman–Crippen LogP) is 3.30. The van der Waals surface area contributed by atoms with Crippen molar-refractivity contribution in [2.45, 2.75) is 20.3 Å². The maximum atomic E-state index is 11.8. The number of aromatic nitrogens is 1. The van der Waals surface area contributed by atoms with E-state index in [1.54, 1.807) is 24.4 Å². The summed E-state index contributed by atoms with van der Waals surface area (Å²) in [5.41, 5.74) is 4.49. The van der Waals surface area contributed by atoms with Gasteiger partial charge < -0.3 is 0 Å². The van der Waals surface area contributed by atoms with Gasteiger partial charge in [-0.15, -0.1) is 11.3 Å². The van der Waals surface area contributed by atoms with Gasteiger partial charge in [0.25, 0.3) is 0 Å². The van der Waals surface area contributed by atoms with Crippen molar-refractivity contribution in [1.82, 2.24) is 10.4 Å². The van der Waals surface area contributed by atoms with Crippen molar-refractivity contribution in [2.75, 3.05) is 5.32 Å². The lowest BCUT2D eigenvalue weighted by Gasteiger charge is -2.01. The van der Waals surface area contributed by atoms with Crippen molar-refractivity contribution in [1.29, 1.82) is 0 Å². The van der Waals surface area contributed by atoms with E-state index in [-0.39, 0.29) is 0 Å². The van der Waals surface area contributed by atoms with Gasteiger partial charge in [-0.3, -0.25) is 14.9 Å². The molecule has 2 rings (SSSR count). The van der Waals surface area contributed by atoms with E-state index in [0.717, 1.165) is 11.3 Å². The third-order valence-corrected chi connectivity index (χ3v) is 3.94. The van der Waals surface area contributed by atoms with Gasteiger partial charge in [0.15, 0.2) is 5.13 Å². The van der Waals surface area contributed by atoms with Crippen LogP contribution in [0.1, 0.15) is 20.3 Å². The highest BCUT2D eigenvalue weighted by Crippen LogP contribution is 2.25. The number of rotatable bonds is 4. The first-order chi connectivity index (χ1) is 11.0. The van der Waals surface area contributed by atoms with Crippen LogP contribution in [0.5, 0.6) is 0 Å². The number of carbonyl (C=O) groups is 2. The molecule has 2 N–H and O–H groups in total. The number of carbonyl (C=O) groups excluding carboxylic acids is 2. The second kappa shape index (κ2) is 7.85. The molecule has 0 unspecified atom stereocenters. The molecule has 1 heterocycles. The molecule has 1 aromatic heterocycles. The van der Waals surface area contributed by atoms with Crippen LogP contribution >= 0.6 is 22.9 Å². The Kier molecular flexibility index (Phi) is 5.84. The predicted molar refractivity (Wildman–Crippen MR) is 92.7 cm³/mol. The number of benzene rings is 1. The van der Waals surface area contributed by atoms with E-state index in [1.165, 1.54) is 11.3 Å². The monoisotopic (exact) mass is 350 g/mol. The van der Waals surface area contributed by atoms with Gasteiger partial charge in [-0.05, 0) is 25.5 Å². The average molecular weight is 351 g/mol. The van der Waals surface area contributed by atoms with Crippen molar-refractivity contribution in [3.63, 3.8) is 0 Å². The van der Waals surface area contributed by atoms with Crippen molar-refractivity contribution in [3.8, 4) is 11.3 Å². The van der Waals surface area contributed by atoms with Crippen LogP contribution in [0.25, 0.3) is 11.3 Å². The van der Waals surface area contributed by atoms with Gasteiger partial charge in [0, 0.05) is 21.7 Å². The highest BCUT2D eigenvalue weighted by molar-refractivity contribution is 7.14. The molecular weight excluding hydrogens is 336 g/mol. The number of hydrogen-bond donors (Lipinski definition) is 2. The zero-order chi connectivity index (χ0) is 16.8. The van der Waals surface area contributed by atoms with Crippen LogP contribution in [0.3, 0.4) is 0 Å². The highest BCUT2D eigenvalue weighted by atomic mass is 35.5. The standard InChI is InChI=1S/C15H15ClN4O2S/c1-3-9(2)19-20-14(22)13(21)18-15-17-12(8-23-15)10-4-6-11(16)7-5-10/h4-8H,3H2,1-2H3,(H,20,22)(H,17,18,21)/b19-9-. The summed E-state index contributed by atoms with van der Waals surface area (Å²) in [7, 11) is 0. The Bertz CT molecular complexity index is 740. The molecule has 23 heavy (non-hydrogen) atoms. The van der Waals surface area contributed by atoms with Crippen LogP contribution < -0.4 is 10.7 Å². The lowest BCUT2D eigenvalue weighted by molar-refractivity contribution is -0.136. The zero-order valence-corrected chi connectivity index (χ0v) is 14.2. The fourth-order valence-corrected chi connectivity index (χ4v) is 2.36. The van der Waals surface area contributed by atoms with Gasteiger partial charge in [0.2, 0.25) is 0 Å². The summed E-state index contributed by atoms with van der Waals surface area (Å²) in [6.45, 7) is 3.66. The molecule has 0 atom stereocenters. The van der Waals surface area contributed by atoms with E-state index in [1.807, 2.05) is 19.1 Å². The summed E-state index contributed by atoms with van der Waals surface area (Å²) in [5, 5.41) is 9.00. The van der Waals surface area contributed by atoms with Crippen LogP contribution in [0, 0.1) is 0 Å². The first-order valence-corrected chi connectivity index (χ1v) is 8.11. The average Bonchev–Trinajstić information content (AvgIpc) is 3.01. The Balaban J connectivity index is 2.00. The first kappa shape index (κ1) is 17.1. The van der Waals surface area contributed by atoms with Gasteiger partial charge in [-0.25, -0.2) is 10.4 Å². The Hall–Kier alpha value is -2.25. The minimum Gasteiger partial charge on any atom is -0.294 e. The Labute approximate surface area is 142 Å². The normalized spacial score (nSPS) is 11.2. The molecule has 0 saturated carbocycles. The molecular formula is C15H15ClN4O2S. The van der Waals surface area contributed by atoms with Crippen molar-refractivity contribution < 1.29 is 9.59 Å². The summed E-state index contributed by atoms with van der Waals surface area (Å²) in [6.07, 6.45) is 0.693. The largest absolute Gasteiger partial charge is 0.329 e. The molecule has 0 spiro atoms. The van der Waals surface area contributed by atoms with Gasteiger partial charge >= 0.3 is 11.8 Å². The number of halogens is 1. The van der Waals surface area contributed by atoms with E-state index in [0.29, 0.717) is 22.3 Å². The third kappa shape index (κ3) is 4.87. The number of nitrogens with zero attached hydrogens (tertiary/aromatic N) is 2. The molecule has 6 nitrogen and oxygen atoms in total. The number of hydrazone groups is 1. The topological polar surface area (TPSA) is 83.5 Å². The number of thiazole rings is 1. The fourth-order valence-electron chi connectivity index (χ4n) is 1.51. The Morgan fingerprint density at radius 3 is 2.61 bits per heavy atom. The summed E-state index contributed by atoms with van der Waals surface area (Å²) < 4.78 is 0. The Morgan fingerprint density at radius 2 is 1.96 bits per heavy atom. The molecule has 0 saturated heterocycles. The van der Waals surface area contributed by atoms with E-state index >= 15 is 0 Å². The van der Waals surface area contributed by atoms with Gasteiger partial charge in [0.1, 0.15) is 0 Å². The quantitative estimate of drug-likeness (QED) is 0.504. The van der Waals surface area contributed by atoms with Crippen LogP contribution in [0.15, 0.2) is 34.7 Å². The summed E-state index contributed by atoms with van der Waals surface area (Å²) in [4.78, 5) is 27.6. The Morgan fingerprint density at radius 1 is 1.26 bits per heavy atom. The minimum absolute atomic E-state index is 0.339. The second-order valence-electron chi connectivity index (χ2n) is 4.64. The van der Waals surface area contributed by atoms with Crippen LogP contribution in [-0.2, 0) is 9.59 Å². The van der Waals surface area contributed by atoms with E-state index < -0.39 is 11.8 Å². The van der Waals surface area contributed by atoms with Gasteiger partial charge in [-0.1, -0.05) is 30.7 Å².